The molecule has 3 aromatic carbocycles. The van der Waals surface area contributed by atoms with Gasteiger partial charge in [-0.3, -0.25) is 0 Å². The summed E-state index contributed by atoms with van der Waals surface area (Å²) in [6, 6.07) is 29.9. The number of anilines is 1. The highest BCUT2D eigenvalue weighted by atomic mass is 16.5. The molecule has 166 valence electrons. The third-order valence-electron chi connectivity index (χ3n) is 7.28. The number of fused-ring (bicyclic) bond motifs is 1. The molecule has 3 aromatic rings. The first-order chi connectivity index (χ1) is 16.0. The minimum atomic E-state index is -0.382. The van der Waals surface area contributed by atoms with Gasteiger partial charge in [0, 0.05) is 23.7 Å². The van der Waals surface area contributed by atoms with Crippen LogP contribution in [0.1, 0.15) is 37.5 Å². The van der Waals surface area contributed by atoms with E-state index >= 15 is 0 Å². The van der Waals surface area contributed by atoms with Crippen LogP contribution in [0.4, 0.5) is 5.69 Å². The smallest absolute Gasteiger partial charge is 0.134 e. The lowest BCUT2D eigenvalue weighted by molar-refractivity contribution is 0.166. The van der Waals surface area contributed by atoms with Crippen molar-refractivity contribution in [2.45, 2.75) is 31.7 Å². The first-order valence-corrected chi connectivity index (χ1v) is 11.7. The zero-order valence-electron chi connectivity index (χ0n) is 19.9. The molecule has 2 aliphatic rings. The first-order valence-electron chi connectivity index (χ1n) is 11.7. The van der Waals surface area contributed by atoms with Crippen molar-refractivity contribution in [1.82, 2.24) is 0 Å². The van der Waals surface area contributed by atoms with Crippen LogP contribution in [0.15, 0.2) is 108 Å². The molecule has 0 saturated carbocycles. The average molecular weight is 434 g/mol. The zero-order chi connectivity index (χ0) is 23.1. The molecule has 0 fully saturated rings. The van der Waals surface area contributed by atoms with Crippen LogP contribution in [0, 0.1) is 0 Å². The molecular weight excluding hydrogens is 402 g/mol. The van der Waals surface area contributed by atoms with Gasteiger partial charge >= 0.3 is 0 Å². The highest BCUT2D eigenvalue weighted by molar-refractivity contribution is 5.95. The van der Waals surface area contributed by atoms with Crippen molar-refractivity contribution in [2.75, 3.05) is 18.6 Å². The second kappa shape index (κ2) is 8.12. The van der Waals surface area contributed by atoms with Crippen LogP contribution in [0.2, 0.25) is 0 Å². The van der Waals surface area contributed by atoms with Gasteiger partial charge in [0.15, 0.2) is 0 Å². The lowest BCUT2D eigenvalue weighted by Gasteiger charge is -2.44. The summed E-state index contributed by atoms with van der Waals surface area (Å²) in [6.07, 6.45) is 6.91. The van der Waals surface area contributed by atoms with Crippen molar-refractivity contribution in [1.29, 1.82) is 0 Å². The monoisotopic (exact) mass is 433 g/mol. The summed E-state index contributed by atoms with van der Waals surface area (Å²) < 4.78 is 6.57. The van der Waals surface area contributed by atoms with Crippen molar-refractivity contribution in [3.8, 4) is 0 Å². The number of ether oxygens (including phenoxy) is 1. The van der Waals surface area contributed by atoms with Crippen LogP contribution in [0.3, 0.4) is 0 Å². The fraction of sp³-hybridized carbons (Fsp3) is 0.226. The molecule has 1 atom stereocenters. The van der Waals surface area contributed by atoms with E-state index in [1.807, 2.05) is 0 Å². The van der Waals surface area contributed by atoms with Crippen molar-refractivity contribution in [3.63, 3.8) is 0 Å². The summed E-state index contributed by atoms with van der Waals surface area (Å²) in [6.45, 7) is 7.38. The van der Waals surface area contributed by atoms with Crippen molar-refractivity contribution in [2.24, 2.45) is 0 Å². The van der Waals surface area contributed by atoms with Gasteiger partial charge in [-0.15, -0.1) is 0 Å². The molecule has 1 aliphatic heterocycles. The quantitative estimate of drug-likeness (QED) is 0.393. The van der Waals surface area contributed by atoms with Crippen LogP contribution in [0.25, 0.3) is 11.6 Å². The molecule has 2 nitrogen and oxygen atoms in total. The summed E-state index contributed by atoms with van der Waals surface area (Å²) in [5, 5.41) is 0. The first kappa shape index (κ1) is 21.3. The molecule has 0 saturated heterocycles. The van der Waals surface area contributed by atoms with Crippen molar-refractivity contribution >= 4 is 17.3 Å². The SMILES string of the molecule is CCOC1=C(/C(=C/c2ccccc2)c2ccccc2)C=CC12N(C)c1ccccc1C2(C)C. The van der Waals surface area contributed by atoms with Crippen LogP contribution < -0.4 is 4.90 Å². The number of allylic oxidation sites excluding steroid dienone is 3. The molecule has 1 unspecified atom stereocenters. The van der Waals surface area contributed by atoms with Crippen molar-refractivity contribution in [3.05, 3.63) is 125 Å². The van der Waals surface area contributed by atoms with Crippen LogP contribution in [-0.2, 0) is 10.2 Å². The van der Waals surface area contributed by atoms with Gasteiger partial charge in [-0.1, -0.05) is 98.8 Å². The maximum absolute atomic E-state index is 6.57. The summed E-state index contributed by atoms with van der Waals surface area (Å²) in [5.74, 6) is 1.03. The number of para-hydroxylation sites is 1. The van der Waals surface area contributed by atoms with E-state index in [1.165, 1.54) is 28.0 Å². The molecule has 5 rings (SSSR count). The van der Waals surface area contributed by atoms with E-state index in [9.17, 15) is 0 Å². The maximum Gasteiger partial charge on any atom is 0.134 e. The average Bonchev–Trinajstić information content (AvgIpc) is 3.30. The number of nitrogens with zero attached hydrogens (tertiary/aromatic N) is 1. The second-order valence-corrected chi connectivity index (χ2v) is 9.31. The molecule has 1 spiro atoms. The molecular formula is C31H31NO. The van der Waals surface area contributed by atoms with Gasteiger partial charge in [-0.25, -0.2) is 0 Å². The topological polar surface area (TPSA) is 12.5 Å². The van der Waals surface area contributed by atoms with E-state index in [0.717, 1.165) is 11.3 Å². The Morgan fingerprint density at radius 1 is 0.879 bits per heavy atom. The normalized spacial score (nSPS) is 21.1. The number of hydrogen-bond acceptors (Lipinski definition) is 2. The minimum Gasteiger partial charge on any atom is -0.495 e. The largest absolute Gasteiger partial charge is 0.495 e. The Labute approximate surface area is 197 Å². The van der Waals surface area contributed by atoms with Gasteiger partial charge in [-0.05, 0) is 47.4 Å². The highest BCUT2D eigenvalue weighted by Gasteiger charge is 2.59. The van der Waals surface area contributed by atoms with Gasteiger partial charge < -0.3 is 9.64 Å². The summed E-state index contributed by atoms with van der Waals surface area (Å²) >= 11 is 0. The van der Waals surface area contributed by atoms with E-state index < -0.39 is 0 Å². The predicted molar refractivity (Wildman–Crippen MR) is 139 cm³/mol. The van der Waals surface area contributed by atoms with Gasteiger partial charge in [0.05, 0.1) is 6.61 Å². The van der Waals surface area contributed by atoms with Gasteiger partial charge in [-0.2, -0.15) is 0 Å². The third kappa shape index (κ3) is 3.16. The van der Waals surface area contributed by atoms with E-state index in [1.54, 1.807) is 0 Å². The maximum atomic E-state index is 6.57. The lowest BCUT2D eigenvalue weighted by Crippen LogP contribution is -2.54. The van der Waals surface area contributed by atoms with Gasteiger partial charge in [0.25, 0.3) is 0 Å². The number of benzene rings is 3. The zero-order valence-corrected chi connectivity index (χ0v) is 19.9. The molecule has 0 N–H and O–H groups in total. The molecule has 1 aliphatic carbocycles. The molecule has 1 heterocycles. The summed E-state index contributed by atoms with van der Waals surface area (Å²) in [5.41, 5.74) is 6.77. The predicted octanol–water partition coefficient (Wildman–Crippen LogP) is 7.25. The third-order valence-corrected chi connectivity index (χ3v) is 7.28. The number of rotatable bonds is 5. The number of likely N-dealkylation sites (N-methyl/N-ethyl adjacent to an activating group) is 1. The molecule has 0 aromatic heterocycles. The Balaban J connectivity index is 1.76. The molecule has 33 heavy (non-hydrogen) atoms. The Morgan fingerprint density at radius 3 is 2.18 bits per heavy atom. The van der Waals surface area contributed by atoms with Crippen LogP contribution >= 0.6 is 0 Å². The fourth-order valence-electron chi connectivity index (χ4n) is 5.62. The Bertz CT molecular complexity index is 1250. The lowest BCUT2D eigenvalue weighted by atomic mass is 9.69. The summed E-state index contributed by atoms with van der Waals surface area (Å²) in [4.78, 5) is 2.40. The molecule has 0 bridgehead atoms. The molecule has 2 heteroatoms. The fourth-order valence-corrected chi connectivity index (χ4v) is 5.62. The Morgan fingerprint density at radius 2 is 1.52 bits per heavy atom. The van der Waals surface area contributed by atoms with Crippen LogP contribution in [-0.4, -0.2) is 19.2 Å². The number of hydrogen-bond donors (Lipinski definition) is 0. The van der Waals surface area contributed by atoms with Gasteiger partial charge in [0.1, 0.15) is 11.3 Å². The van der Waals surface area contributed by atoms with E-state index in [4.69, 9.17) is 4.74 Å². The standard InChI is InChI=1S/C31H31NO/c1-5-33-29-25(26(24-16-10-7-11-17-24)22-23-14-8-6-9-15-23)20-21-31(29)30(2,3)27-18-12-13-19-28(27)32(31)4/h6-22H,5H2,1-4H3/b26-22+. The second-order valence-electron chi connectivity index (χ2n) is 9.31. The minimum absolute atomic E-state index is 0.157. The Hall–Kier alpha value is -3.52. The van der Waals surface area contributed by atoms with Gasteiger partial charge in [0.2, 0.25) is 0 Å². The highest BCUT2D eigenvalue weighted by Crippen LogP contribution is 2.58. The molecule has 0 radical (unpaired) electrons. The van der Waals surface area contributed by atoms with E-state index in [0.29, 0.717) is 6.61 Å². The molecule has 0 amide bonds. The Kier molecular flexibility index (Phi) is 5.25. The summed E-state index contributed by atoms with van der Waals surface area (Å²) in [7, 11) is 2.20. The van der Waals surface area contributed by atoms with E-state index in [-0.39, 0.29) is 11.0 Å². The van der Waals surface area contributed by atoms with E-state index in [2.05, 4.69) is 136 Å². The van der Waals surface area contributed by atoms with Crippen LogP contribution in [0.5, 0.6) is 0 Å². The van der Waals surface area contributed by atoms with Crippen molar-refractivity contribution < 1.29 is 4.74 Å².